The van der Waals surface area contributed by atoms with Gasteiger partial charge in [0, 0.05) is 5.56 Å². The number of hydrogen-bond acceptors (Lipinski definition) is 3. The Hall–Kier alpha value is -0.950. The number of nitrogens with one attached hydrogen (secondary N) is 1. The van der Waals surface area contributed by atoms with E-state index >= 15 is 0 Å². The first-order valence-electron chi connectivity index (χ1n) is 5.57. The Balaban J connectivity index is 3.35. The van der Waals surface area contributed by atoms with E-state index in [1.807, 2.05) is 0 Å². The number of methoxy groups -OCH3 is 2. The van der Waals surface area contributed by atoms with Crippen LogP contribution in [0.2, 0.25) is 0 Å². The summed E-state index contributed by atoms with van der Waals surface area (Å²) in [5.74, 6) is 0.528. The molecule has 3 nitrogen and oxygen atoms in total. The summed E-state index contributed by atoms with van der Waals surface area (Å²) in [7, 11) is 2.76. The minimum absolute atomic E-state index is 0.0181. The molecule has 0 fully saturated rings. The van der Waals surface area contributed by atoms with E-state index in [1.165, 1.54) is 26.4 Å². The van der Waals surface area contributed by atoms with Crippen LogP contribution in [0.4, 0.5) is 13.2 Å². The quantitative estimate of drug-likeness (QED) is 0.886. The maximum absolute atomic E-state index is 13.1. The molecule has 19 heavy (non-hydrogen) atoms. The Labute approximate surface area is 118 Å². The third-order valence-electron chi connectivity index (χ3n) is 2.56. The summed E-state index contributed by atoms with van der Waals surface area (Å²) in [5.41, 5.74) is 0.0181. The molecule has 1 rings (SSSR count). The molecule has 0 heterocycles. The lowest BCUT2D eigenvalue weighted by molar-refractivity contribution is -0.157. The van der Waals surface area contributed by atoms with E-state index in [-0.39, 0.29) is 17.9 Å². The number of rotatable bonds is 5. The van der Waals surface area contributed by atoms with Crippen molar-refractivity contribution in [1.29, 1.82) is 0 Å². The van der Waals surface area contributed by atoms with Crippen LogP contribution >= 0.6 is 15.9 Å². The van der Waals surface area contributed by atoms with E-state index in [0.717, 1.165) is 0 Å². The molecule has 0 radical (unpaired) electrons. The van der Waals surface area contributed by atoms with Gasteiger partial charge in [0.25, 0.3) is 0 Å². The van der Waals surface area contributed by atoms with E-state index in [2.05, 4.69) is 21.2 Å². The summed E-state index contributed by atoms with van der Waals surface area (Å²) in [6.45, 7) is 1.81. The van der Waals surface area contributed by atoms with E-state index in [0.29, 0.717) is 10.2 Å². The number of hydrogen-bond donors (Lipinski definition) is 1. The van der Waals surface area contributed by atoms with Gasteiger partial charge in [0.2, 0.25) is 0 Å². The summed E-state index contributed by atoms with van der Waals surface area (Å²) in [6, 6.07) is 1.04. The highest BCUT2D eigenvalue weighted by atomic mass is 79.9. The minimum Gasteiger partial charge on any atom is -0.495 e. The van der Waals surface area contributed by atoms with Gasteiger partial charge in [-0.1, -0.05) is 6.92 Å². The largest absolute Gasteiger partial charge is 0.495 e. The zero-order valence-corrected chi connectivity index (χ0v) is 12.4. The summed E-state index contributed by atoms with van der Waals surface area (Å²) in [6.07, 6.45) is -4.41. The van der Waals surface area contributed by atoms with Crippen LogP contribution in [0, 0.1) is 0 Å². The lowest BCUT2D eigenvalue weighted by atomic mass is 10.0. The Morgan fingerprint density at radius 2 is 1.89 bits per heavy atom. The van der Waals surface area contributed by atoms with Gasteiger partial charge < -0.3 is 14.8 Å². The second-order valence-electron chi connectivity index (χ2n) is 3.74. The lowest BCUT2D eigenvalue weighted by Gasteiger charge is -2.24. The Kier molecular flexibility index (Phi) is 5.49. The van der Waals surface area contributed by atoms with Crippen LogP contribution in [-0.4, -0.2) is 26.9 Å². The Morgan fingerprint density at radius 1 is 1.26 bits per heavy atom. The molecule has 0 amide bonds. The standard InChI is InChI=1S/C12H15BrF3NO2/c1-4-17-11(12(14,15)16)7-5-6-8(18-2)9(13)10(7)19-3/h5-6,11,17H,4H2,1-3H3. The molecule has 0 aliphatic heterocycles. The van der Waals surface area contributed by atoms with Gasteiger partial charge in [0.15, 0.2) is 0 Å². The fourth-order valence-electron chi connectivity index (χ4n) is 1.75. The van der Waals surface area contributed by atoms with Crippen molar-refractivity contribution >= 4 is 15.9 Å². The lowest BCUT2D eigenvalue weighted by Crippen LogP contribution is -2.34. The SMILES string of the molecule is CCNC(c1ccc(OC)c(Br)c1OC)C(F)(F)F. The van der Waals surface area contributed by atoms with Crippen LogP contribution < -0.4 is 14.8 Å². The molecule has 0 saturated heterocycles. The molecule has 1 N–H and O–H groups in total. The van der Waals surface area contributed by atoms with Gasteiger partial charge in [-0.25, -0.2) is 0 Å². The van der Waals surface area contributed by atoms with Crippen LogP contribution in [0.5, 0.6) is 11.5 Å². The molecular formula is C12H15BrF3NO2. The number of alkyl halides is 3. The summed E-state index contributed by atoms with van der Waals surface area (Å²) < 4.78 is 49.7. The van der Waals surface area contributed by atoms with Crippen LogP contribution in [0.15, 0.2) is 16.6 Å². The summed E-state index contributed by atoms with van der Waals surface area (Å²) in [4.78, 5) is 0. The molecule has 0 aromatic heterocycles. The summed E-state index contributed by atoms with van der Waals surface area (Å²) >= 11 is 3.19. The van der Waals surface area contributed by atoms with Gasteiger partial charge in [-0.15, -0.1) is 0 Å². The third-order valence-corrected chi connectivity index (χ3v) is 3.31. The first kappa shape index (κ1) is 16.1. The Bertz CT molecular complexity index is 438. The molecule has 108 valence electrons. The fraction of sp³-hybridized carbons (Fsp3) is 0.500. The number of halogens is 4. The second-order valence-corrected chi connectivity index (χ2v) is 4.53. The van der Waals surface area contributed by atoms with Crippen molar-refractivity contribution in [3.63, 3.8) is 0 Å². The van der Waals surface area contributed by atoms with Gasteiger partial charge in [-0.3, -0.25) is 0 Å². The molecule has 0 aliphatic carbocycles. The number of benzene rings is 1. The van der Waals surface area contributed by atoms with E-state index < -0.39 is 12.2 Å². The monoisotopic (exact) mass is 341 g/mol. The van der Waals surface area contributed by atoms with Crippen LogP contribution in [0.3, 0.4) is 0 Å². The molecule has 7 heteroatoms. The molecule has 1 aromatic rings. The molecular weight excluding hydrogens is 327 g/mol. The minimum atomic E-state index is -4.41. The van der Waals surface area contributed by atoms with E-state index in [1.54, 1.807) is 6.92 Å². The highest BCUT2D eigenvalue weighted by molar-refractivity contribution is 9.10. The van der Waals surface area contributed by atoms with Gasteiger partial charge in [-0.05, 0) is 34.6 Å². The van der Waals surface area contributed by atoms with Gasteiger partial charge >= 0.3 is 6.18 Å². The first-order valence-corrected chi connectivity index (χ1v) is 6.36. The smallest absolute Gasteiger partial charge is 0.408 e. The highest BCUT2D eigenvalue weighted by Gasteiger charge is 2.42. The van der Waals surface area contributed by atoms with Crippen LogP contribution in [0.1, 0.15) is 18.5 Å². The Morgan fingerprint density at radius 3 is 2.32 bits per heavy atom. The van der Waals surface area contributed by atoms with Crippen molar-refractivity contribution in [2.75, 3.05) is 20.8 Å². The first-order chi connectivity index (χ1) is 8.86. The zero-order chi connectivity index (χ0) is 14.6. The van der Waals surface area contributed by atoms with Crippen LogP contribution in [-0.2, 0) is 0 Å². The molecule has 1 aromatic carbocycles. The zero-order valence-electron chi connectivity index (χ0n) is 10.8. The molecule has 1 atom stereocenters. The normalized spacial score (nSPS) is 13.2. The highest BCUT2D eigenvalue weighted by Crippen LogP contribution is 2.43. The van der Waals surface area contributed by atoms with Crippen molar-refractivity contribution in [2.24, 2.45) is 0 Å². The fourth-order valence-corrected chi connectivity index (χ4v) is 2.44. The third kappa shape index (κ3) is 3.54. The van der Waals surface area contributed by atoms with Crippen LogP contribution in [0.25, 0.3) is 0 Å². The maximum atomic E-state index is 13.1. The molecule has 0 saturated carbocycles. The predicted octanol–water partition coefficient (Wildman–Crippen LogP) is 3.68. The maximum Gasteiger partial charge on any atom is 0.408 e. The van der Waals surface area contributed by atoms with Crippen molar-refractivity contribution in [1.82, 2.24) is 5.32 Å². The predicted molar refractivity (Wildman–Crippen MR) is 69.7 cm³/mol. The van der Waals surface area contributed by atoms with Crippen molar-refractivity contribution < 1.29 is 22.6 Å². The topological polar surface area (TPSA) is 30.5 Å². The molecule has 0 bridgehead atoms. The van der Waals surface area contributed by atoms with Gasteiger partial charge in [-0.2, -0.15) is 13.2 Å². The average Bonchev–Trinajstić information content (AvgIpc) is 2.34. The summed E-state index contributed by atoms with van der Waals surface area (Å²) in [5, 5.41) is 2.41. The van der Waals surface area contributed by atoms with E-state index in [4.69, 9.17) is 9.47 Å². The van der Waals surface area contributed by atoms with Crippen molar-refractivity contribution in [3.05, 3.63) is 22.2 Å². The second kappa shape index (κ2) is 6.47. The van der Waals surface area contributed by atoms with Gasteiger partial charge in [0.1, 0.15) is 22.0 Å². The molecule has 1 unspecified atom stereocenters. The molecule has 0 spiro atoms. The average molecular weight is 342 g/mol. The van der Waals surface area contributed by atoms with Gasteiger partial charge in [0.05, 0.1) is 14.2 Å². The van der Waals surface area contributed by atoms with Crippen molar-refractivity contribution in [3.8, 4) is 11.5 Å². The number of ether oxygens (including phenoxy) is 2. The van der Waals surface area contributed by atoms with E-state index in [9.17, 15) is 13.2 Å². The molecule has 0 aliphatic rings. The van der Waals surface area contributed by atoms with Crippen molar-refractivity contribution in [2.45, 2.75) is 19.1 Å².